The molecule has 0 spiro atoms. The molecule has 1 atom stereocenters. The van der Waals surface area contributed by atoms with Crippen molar-refractivity contribution in [2.24, 2.45) is 0 Å². The summed E-state index contributed by atoms with van der Waals surface area (Å²) in [6, 6.07) is 0.473. The molecule has 4 nitrogen and oxygen atoms in total. The summed E-state index contributed by atoms with van der Waals surface area (Å²) in [5.74, 6) is 0. The van der Waals surface area contributed by atoms with Gasteiger partial charge in [0.15, 0.2) is 0 Å². The van der Waals surface area contributed by atoms with Gasteiger partial charge in [0.1, 0.15) is 0 Å². The third-order valence-corrected chi connectivity index (χ3v) is 4.10. The topological polar surface area (TPSA) is 58.0 Å². The highest BCUT2D eigenvalue weighted by atomic mass is 16.3. The van der Waals surface area contributed by atoms with Gasteiger partial charge in [-0.2, -0.15) is 0 Å². The molecular weight excluding hydrogens is 238 g/mol. The van der Waals surface area contributed by atoms with Gasteiger partial charge in [0.25, 0.3) is 0 Å². The molecule has 1 aliphatic rings. The number of aryl methyl sites for hydroxylation is 1. The van der Waals surface area contributed by atoms with Gasteiger partial charge in [0, 0.05) is 18.4 Å². The van der Waals surface area contributed by atoms with Crippen LogP contribution in [0.3, 0.4) is 0 Å². The molecule has 0 saturated heterocycles. The first-order valence-corrected chi connectivity index (χ1v) is 7.32. The van der Waals surface area contributed by atoms with Crippen molar-refractivity contribution in [1.29, 1.82) is 0 Å². The molecule has 1 fully saturated rings. The van der Waals surface area contributed by atoms with E-state index in [1.165, 1.54) is 38.5 Å². The van der Waals surface area contributed by atoms with Crippen LogP contribution in [-0.4, -0.2) is 27.7 Å². The lowest BCUT2D eigenvalue weighted by atomic mass is 9.94. The summed E-state index contributed by atoms with van der Waals surface area (Å²) in [4.78, 5) is 8.72. The first kappa shape index (κ1) is 14.4. The van der Waals surface area contributed by atoms with Gasteiger partial charge in [-0.25, -0.2) is 0 Å². The largest absolute Gasteiger partial charge is 0.394 e. The van der Waals surface area contributed by atoms with Gasteiger partial charge in [-0.05, 0) is 26.7 Å². The first-order valence-electron chi connectivity index (χ1n) is 7.32. The Morgan fingerprint density at radius 2 is 1.84 bits per heavy atom. The molecule has 1 aromatic heterocycles. The van der Waals surface area contributed by atoms with Crippen LogP contribution in [0.1, 0.15) is 56.8 Å². The van der Waals surface area contributed by atoms with Gasteiger partial charge in [-0.1, -0.05) is 25.7 Å². The number of nitrogens with one attached hydrogen (secondary N) is 1. The summed E-state index contributed by atoms with van der Waals surface area (Å²) in [6.45, 7) is 4.02. The Balaban J connectivity index is 2.15. The minimum Gasteiger partial charge on any atom is -0.394 e. The lowest BCUT2D eigenvalue weighted by molar-refractivity contribution is 0.152. The Morgan fingerprint density at radius 3 is 2.42 bits per heavy atom. The molecule has 0 radical (unpaired) electrons. The number of rotatable bonds is 4. The van der Waals surface area contributed by atoms with E-state index in [-0.39, 0.29) is 6.61 Å². The van der Waals surface area contributed by atoms with Crippen LogP contribution < -0.4 is 5.32 Å². The molecule has 0 amide bonds. The summed E-state index contributed by atoms with van der Waals surface area (Å²) in [7, 11) is 0. The fourth-order valence-electron chi connectivity index (χ4n) is 3.01. The Morgan fingerprint density at radius 1 is 1.21 bits per heavy atom. The van der Waals surface area contributed by atoms with Crippen molar-refractivity contribution in [1.82, 2.24) is 15.3 Å². The maximum atomic E-state index is 9.83. The molecule has 4 heteroatoms. The van der Waals surface area contributed by atoms with Gasteiger partial charge in [-0.15, -0.1) is 0 Å². The molecule has 2 rings (SSSR count). The van der Waals surface area contributed by atoms with Crippen LogP contribution in [0, 0.1) is 6.92 Å². The zero-order chi connectivity index (χ0) is 13.7. The molecule has 0 aliphatic heterocycles. The number of aliphatic hydroxyl groups excluding tert-OH is 1. The summed E-state index contributed by atoms with van der Waals surface area (Å²) >= 11 is 0. The van der Waals surface area contributed by atoms with Crippen molar-refractivity contribution in [2.45, 2.75) is 64.0 Å². The van der Waals surface area contributed by atoms with Crippen LogP contribution >= 0.6 is 0 Å². The molecule has 1 aliphatic carbocycles. The van der Waals surface area contributed by atoms with Crippen LogP contribution in [0.15, 0.2) is 12.4 Å². The number of hydrogen-bond donors (Lipinski definition) is 2. The zero-order valence-corrected chi connectivity index (χ0v) is 12.0. The molecular formula is C15H25N3O. The highest BCUT2D eigenvalue weighted by Crippen LogP contribution is 2.25. The monoisotopic (exact) mass is 263 g/mol. The van der Waals surface area contributed by atoms with Crippen molar-refractivity contribution in [2.75, 3.05) is 6.61 Å². The number of aromatic nitrogens is 2. The van der Waals surface area contributed by atoms with Crippen LogP contribution in [0.4, 0.5) is 0 Å². The molecule has 0 bridgehead atoms. The molecule has 19 heavy (non-hydrogen) atoms. The third kappa shape index (κ3) is 3.51. The second-order valence-corrected chi connectivity index (χ2v) is 5.81. The van der Waals surface area contributed by atoms with Gasteiger partial charge in [0.2, 0.25) is 0 Å². The zero-order valence-electron chi connectivity index (χ0n) is 12.0. The van der Waals surface area contributed by atoms with E-state index in [4.69, 9.17) is 0 Å². The number of hydrogen-bond acceptors (Lipinski definition) is 4. The fourth-order valence-corrected chi connectivity index (χ4v) is 3.01. The van der Waals surface area contributed by atoms with Crippen LogP contribution in [0.25, 0.3) is 0 Å². The van der Waals surface area contributed by atoms with Gasteiger partial charge in [0.05, 0.1) is 23.5 Å². The van der Waals surface area contributed by atoms with Crippen molar-refractivity contribution in [3.05, 3.63) is 23.8 Å². The van der Waals surface area contributed by atoms with E-state index in [2.05, 4.69) is 15.3 Å². The van der Waals surface area contributed by atoms with Crippen molar-refractivity contribution in [3.8, 4) is 0 Å². The Hall–Kier alpha value is -1.00. The maximum Gasteiger partial charge on any atom is 0.0837 e. The molecule has 0 aromatic carbocycles. The summed E-state index contributed by atoms with van der Waals surface area (Å²) in [5, 5.41) is 13.5. The lowest BCUT2D eigenvalue weighted by Gasteiger charge is -2.33. The average Bonchev–Trinajstić information content (AvgIpc) is 2.67. The SMILES string of the molecule is Cc1nccnc1C(C)(CO)NC1CCCCCC1. The third-order valence-electron chi connectivity index (χ3n) is 4.10. The van der Waals surface area contributed by atoms with E-state index in [0.717, 1.165) is 11.4 Å². The van der Waals surface area contributed by atoms with E-state index >= 15 is 0 Å². The van der Waals surface area contributed by atoms with Crippen molar-refractivity contribution >= 4 is 0 Å². The standard InChI is InChI=1S/C15H25N3O/c1-12-14(17-10-9-16-12)15(2,11-19)18-13-7-5-3-4-6-8-13/h9-10,13,18-19H,3-8,11H2,1-2H3. The molecule has 1 unspecified atom stereocenters. The van der Waals surface area contributed by atoms with Gasteiger partial charge < -0.3 is 10.4 Å². The van der Waals surface area contributed by atoms with Crippen LogP contribution in [-0.2, 0) is 5.54 Å². The molecule has 1 saturated carbocycles. The number of nitrogens with zero attached hydrogens (tertiary/aromatic N) is 2. The van der Waals surface area contributed by atoms with E-state index in [9.17, 15) is 5.11 Å². The highest BCUT2D eigenvalue weighted by Gasteiger charge is 2.32. The Bertz CT molecular complexity index is 402. The molecule has 1 aromatic rings. The number of aliphatic hydroxyl groups is 1. The summed E-state index contributed by atoms with van der Waals surface area (Å²) in [6.07, 6.45) is 11.0. The lowest BCUT2D eigenvalue weighted by Crippen LogP contribution is -2.49. The normalized spacial score (nSPS) is 20.8. The van der Waals surface area contributed by atoms with Crippen LogP contribution in [0.2, 0.25) is 0 Å². The minimum atomic E-state index is -0.493. The quantitative estimate of drug-likeness (QED) is 0.818. The van der Waals surface area contributed by atoms with E-state index in [1.807, 2.05) is 13.8 Å². The summed E-state index contributed by atoms with van der Waals surface area (Å²) in [5.41, 5.74) is 1.26. The van der Waals surface area contributed by atoms with Gasteiger partial charge >= 0.3 is 0 Å². The van der Waals surface area contributed by atoms with Crippen molar-refractivity contribution in [3.63, 3.8) is 0 Å². The predicted molar refractivity (Wildman–Crippen MR) is 75.8 cm³/mol. The Labute approximate surface area is 115 Å². The van der Waals surface area contributed by atoms with E-state index in [0.29, 0.717) is 6.04 Å². The second kappa shape index (κ2) is 6.44. The maximum absolute atomic E-state index is 9.83. The first-order chi connectivity index (χ1) is 9.15. The molecule has 106 valence electrons. The second-order valence-electron chi connectivity index (χ2n) is 5.81. The fraction of sp³-hybridized carbons (Fsp3) is 0.733. The van der Waals surface area contributed by atoms with Crippen LogP contribution in [0.5, 0.6) is 0 Å². The summed E-state index contributed by atoms with van der Waals surface area (Å²) < 4.78 is 0. The smallest absolute Gasteiger partial charge is 0.0837 e. The predicted octanol–water partition coefficient (Wildman–Crippen LogP) is 2.30. The van der Waals surface area contributed by atoms with Gasteiger partial charge in [-0.3, -0.25) is 9.97 Å². The molecule has 2 N–H and O–H groups in total. The average molecular weight is 263 g/mol. The minimum absolute atomic E-state index is 0.0447. The van der Waals surface area contributed by atoms with E-state index in [1.54, 1.807) is 12.4 Å². The highest BCUT2D eigenvalue weighted by molar-refractivity contribution is 5.19. The molecule has 1 heterocycles. The van der Waals surface area contributed by atoms with Crippen molar-refractivity contribution < 1.29 is 5.11 Å². The Kier molecular flexibility index (Phi) is 4.88. The van der Waals surface area contributed by atoms with E-state index < -0.39 is 5.54 Å².